The Balaban J connectivity index is 1.27. The number of hydrogen-bond acceptors (Lipinski definition) is 3. The van der Waals surface area contributed by atoms with E-state index < -0.39 is 6.67 Å². The molecular formula is C27H31FN4O2. The average molecular weight is 463 g/mol. The maximum atomic E-state index is 13.3. The van der Waals surface area contributed by atoms with Crippen molar-refractivity contribution < 1.29 is 14.0 Å². The van der Waals surface area contributed by atoms with E-state index in [1.54, 1.807) is 0 Å². The molecule has 0 radical (unpaired) electrons. The fourth-order valence-corrected chi connectivity index (χ4v) is 5.31. The molecule has 2 amide bonds. The predicted octanol–water partition coefficient (Wildman–Crippen LogP) is 5.62. The minimum atomic E-state index is -0.437. The van der Waals surface area contributed by atoms with Crippen LogP contribution < -0.4 is 10.6 Å². The van der Waals surface area contributed by atoms with Crippen LogP contribution in [0.3, 0.4) is 0 Å². The van der Waals surface area contributed by atoms with Gasteiger partial charge in [-0.3, -0.25) is 14.0 Å². The van der Waals surface area contributed by atoms with Gasteiger partial charge in [0.15, 0.2) is 0 Å². The summed E-state index contributed by atoms with van der Waals surface area (Å²) in [4.78, 5) is 33.2. The van der Waals surface area contributed by atoms with Gasteiger partial charge in [-0.25, -0.2) is 4.98 Å². The topological polar surface area (TPSA) is 86.9 Å². The number of rotatable bonds is 6. The molecule has 2 aliphatic carbocycles. The number of aromatic amines is 1. The third-order valence-corrected chi connectivity index (χ3v) is 7.30. The van der Waals surface area contributed by atoms with Crippen LogP contribution in [0.15, 0.2) is 42.5 Å². The summed E-state index contributed by atoms with van der Waals surface area (Å²) in [7, 11) is 0. The lowest BCUT2D eigenvalue weighted by Crippen LogP contribution is -2.32. The third-order valence-electron chi connectivity index (χ3n) is 7.30. The molecular weight excluding hydrogens is 431 g/mol. The van der Waals surface area contributed by atoms with Crippen LogP contribution in [-0.4, -0.2) is 34.5 Å². The standard InChI is InChI=1S/C27H31FN4O2/c28-16-19-5-1-4-8-22(19)27(34)30-21-12-9-17(10-13-21)25-31-23-14-11-18(15-24(23)32-25)26(33)29-20-6-2-3-7-20/h9-15,19-20,22H,1-8,16H2,(H,29,33)(H,30,34)(H,31,32). The Morgan fingerprint density at radius 3 is 2.47 bits per heavy atom. The Labute approximate surface area is 198 Å². The summed E-state index contributed by atoms with van der Waals surface area (Å²) >= 11 is 0. The van der Waals surface area contributed by atoms with Crippen molar-refractivity contribution in [3.05, 3.63) is 48.0 Å². The predicted molar refractivity (Wildman–Crippen MR) is 131 cm³/mol. The lowest BCUT2D eigenvalue weighted by atomic mass is 9.79. The SMILES string of the molecule is O=C(NC1CCCC1)c1ccc2nc(-c3ccc(NC(=O)C4CCCCC4CF)cc3)[nH]c2c1. The molecule has 2 saturated carbocycles. The molecule has 7 heteroatoms. The van der Waals surface area contributed by atoms with Crippen molar-refractivity contribution in [2.45, 2.75) is 57.4 Å². The van der Waals surface area contributed by atoms with E-state index >= 15 is 0 Å². The highest BCUT2D eigenvalue weighted by Crippen LogP contribution is 2.31. The van der Waals surface area contributed by atoms with Crippen LogP contribution in [-0.2, 0) is 4.79 Å². The van der Waals surface area contributed by atoms with Gasteiger partial charge in [-0.2, -0.15) is 0 Å². The van der Waals surface area contributed by atoms with Crippen LogP contribution in [0.4, 0.5) is 10.1 Å². The Hall–Kier alpha value is -3.22. The molecule has 178 valence electrons. The highest BCUT2D eigenvalue weighted by molar-refractivity contribution is 5.98. The number of carbonyl (C=O) groups excluding carboxylic acids is 2. The van der Waals surface area contributed by atoms with Crippen molar-refractivity contribution in [1.29, 1.82) is 0 Å². The summed E-state index contributed by atoms with van der Waals surface area (Å²) in [5.41, 5.74) is 3.80. The van der Waals surface area contributed by atoms with Crippen molar-refractivity contribution in [3.63, 3.8) is 0 Å². The van der Waals surface area contributed by atoms with E-state index in [0.717, 1.165) is 55.1 Å². The number of alkyl halides is 1. The van der Waals surface area contributed by atoms with Gasteiger partial charge in [-0.15, -0.1) is 0 Å². The largest absolute Gasteiger partial charge is 0.349 e. The number of anilines is 1. The minimum Gasteiger partial charge on any atom is -0.349 e. The molecule has 3 aromatic rings. The van der Waals surface area contributed by atoms with E-state index in [-0.39, 0.29) is 29.7 Å². The Bertz CT molecular complexity index is 1170. The Kier molecular flexibility index (Phi) is 6.61. The van der Waals surface area contributed by atoms with Gasteiger partial charge in [0.2, 0.25) is 5.91 Å². The van der Waals surface area contributed by atoms with Gasteiger partial charge in [0.25, 0.3) is 5.91 Å². The number of nitrogens with zero attached hydrogens (tertiary/aromatic N) is 1. The quantitative estimate of drug-likeness (QED) is 0.445. The zero-order chi connectivity index (χ0) is 23.5. The number of imidazole rings is 1. The molecule has 34 heavy (non-hydrogen) atoms. The van der Waals surface area contributed by atoms with E-state index in [0.29, 0.717) is 17.1 Å². The number of carbonyl (C=O) groups is 2. The second-order valence-corrected chi connectivity index (χ2v) is 9.64. The summed E-state index contributed by atoms with van der Waals surface area (Å²) < 4.78 is 13.3. The molecule has 2 unspecified atom stereocenters. The van der Waals surface area contributed by atoms with Crippen molar-refractivity contribution >= 4 is 28.5 Å². The van der Waals surface area contributed by atoms with Crippen molar-refractivity contribution in [2.75, 3.05) is 12.0 Å². The van der Waals surface area contributed by atoms with Crippen molar-refractivity contribution in [2.24, 2.45) is 11.8 Å². The van der Waals surface area contributed by atoms with E-state index in [9.17, 15) is 14.0 Å². The van der Waals surface area contributed by atoms with Gasteiger partial charge >= 0.3 is 0 Å². The fraction of sp³-hybridized carbons (Fsp3) is 0.444. The number of hydrogen-bond donors (Lipinski definition) is 3. The second-order valence-electron chi connectivity index (χ2n) is 9.64. The van der Waals surface area contributed by atoms with Crippen molar-refractivity contribution in [1.82, 2.24) is 15.3 Å². The molecule has 0 aliphatic heterocycles. The molecule has 3 N–H and O–H groups in total. The lowest BCUT2D eigenvalue weighted by molar-refractivity contribution is -0.122. The molecule has 2 atom stereocenters. The molecule has 0 bridgehead atoms. The number of amides is 2. The molecule has 6 nitrogen and oxygen atoms in total. The van der Waals surface area contributed by atoms with E-state index in [2.05, 4.69) is 20.6 Å². The summed E-state index contributed by atoms with van der Waals surface area (Å²) in [5.74, 6) is 0.133. The van der Waals surface area contributed by atoms with E-state index in [1.165, 1.54) is 12.8 Å². The van der Waals surface area contributed by atoms with Gasteiger partial charge in [0.1, 0.15) is 5.82 Å². The molecule has 2 aliphatic rings. The molecule has 5 rings (SSSR count). The van der Waals surface area contributed by atoms with E-state index in [1.807, 2.05) is 42.5 Å². The summed E-state index contributed by atoms with van der Waals surface area (Å²) in [6.07, 6.45) is 7.96. The third kappa shape index (κ3) is 4.83. The first kappa shape index (κ1) is 22.6. The van der Waals surface area contributed by atoms with Gasteiger partial charge < -0.3 is 15.6 Å². The van der Waals surface area contributed by atoms with Gasteiger partial charge in [0, 0.05) is 28.8 Å². The molecule has 2 fully saturated rings. The fourth-order valence-electron chi connectivity index (χ4n) is 5.31. The number of benzene rings is 2. The number of fused-ring (bicyclic) bond motifs is 1. The smallest absolute Gasteiger partial charge is 0.251 e. The van der Waals surface area contributed by atoms with Crippen LogP contribution in [0.2, 0.25) is 0 Å². The molecule has 1 aromatic heterocycles. The highest BCUT2D eigenvalue weighted by atomic mass is 19.1. The lowest BCUT2D eigenvalue weighted by Gasteiger charge is -2.28. The number of aromatic nitrogens is 2. The summed E-state index contributed by atoms with van der Waals surface area (Å²) in [6, 6.07) is 13.3. The first-order valence-electron chi connectivity index (χ1n) is 12.4. The minimum absolute atomic E-state index is 0.0435. The van der Waals surface area contributed by atoms with Crippen LogP contribution >= 0.6 is 0 Å². The zero-order valence-corrected chi connectivity index (χ0v) is 19.3. The Morgan fingerprint density at radius 2 is 1.71 bits per heavy atom. The Morgan fingerprint density at radius 1 is 0.971 bits per heavy atom. The zero-order valence-electron chi connectivity index (χ0n) is 19.3. The maximum absolute atomic E-state index is 13.3. The van der Waals surface area contributed by atoms with Gasteiger partial charge in [-0.1, -0.05) is 25.7 Å². The second kappa shape index (κ2) is 9.95. The van der Waals surface area contributed by atoms with Crippen LogP contribution in [0.5, 0.6) is 0 Å². The van der Waals surface area contributed by atoms with Crippen LogP contribution in [0.25, 0.3) is 22.4 Å². The molecule has 1 heterocycles. The average Bonchev–Trinajstić information content (AvgIpc) is 3.53. The first-order chi connectivity index (χ1) is 16.6. The van der Waals surface area contributed by atoms with Gasteiger partial charge in [0.05, 0.1) is 17.7 Å². The van der Waals surface area contributed by atoms with Crippen molar-refractivity contribution in [3.8, 4) is 11.4 Å². The number of nitrogens with one attached hydrogen (secondary N) is 3. The monoisotopic (exact) mass is 462 g/mol. The number of H-pyrrole nitrogens is 1. The normalized spacial score (nSPS) is 21.0. The maximum Gasteiger partial charge on any atom is 0.251 e. The number of halogens is 1. The summed E-state index contributed by atoms with van der Waals surface area (Å²) in [5, 5.41) is 6.07. The molecule has 0 saturated heterocycles. The van der Waals surface area contributed by atoms with Crippen LogP contribution in [0, 0.1) is 11.8 Å². The first-order valence-corrected chi connectivity index (χ1v) is 12.4. The summed E-state index contributed by atoms with van der Waals surface area (Å²) in [6.45, 7) is -0.437. The molecule has 2 aromatic carbocycles. The van der Waals surface area contributed by atoms with Crippen LogP contribution in [0.1, 0.15) is 61.7 Å². The molecule has 0 spiro atoms. The highest BCUT2D eigenvalue weighted by Gasteiger charge is 2.30. The van der Waals surface area contributed by atoms with E-state index in [4.69, 9.17) is 0 Å². The van der Waals surface area contributed by atoms with Gasteiger partial charge in [-0.05, 0) is 74.1 Å².